The topological polar surface area (TPSA) is 58.6 Å². The quantitative estimate of drug-likeness (QED) is 0.761. The van der Waals surface area contributed by atoms with Crippen LogP contribution in [0.1, 0.15) is 19.3 Å². The summed E-state index contributed by atoms with van der Waals surface area (Å²) in [7, 11) is -3.69. The van der Waals surface area contributed by atoms with Crippen LogP contribution in [0.4, 0.5) is 11.4 Å². The Bertz CT molecular complexity index is 893. The van der Waals surface area contributed by atoms with Crippen molar-refractivity contribution in [2.75, 3.05) is 22.7 Å². The Kier molecular flexibility index (Phi) is 3.92. The van der Waals surface area contributed by atoms with Crippen LogP contribution in [-0.2, 0) is 10.0 Å². The summed E-state index contributed by atoms with van der Waals surface area (Å²) in [5.41, 5.74) is 1.40. The van der Waals surface area contributed by atoms with Gasteiger partial charge in [0, 0.05) is 17.6 Å². The number of sulfonamides is 1. The number of rotatable bonds is 1. The van der Waals surface area contributed by atoms with E-state index in [1.807, 2.05) is 12.1 Å². The van der Waals surface area contributed by atoms with Crippen LogP contribution < -0.4 is 14.4 Å². The van der Waals surface area contributed by atoms with Gasteiger partial charge in [-0.25, -0.2) is 8.42 Å². The summed E-state index contributed by atoms with van der Waals surface area (Å²) in [6.45, 7) is 1.85. The van der Waals surface area contributed by atoms with E-state index in [2.05, 4.69) is 25.6 Å². The van der Waals surface area contributed by atoms with Gasteiger partial charge >= 0.3 is 0 Å². The third-order valence-corrected chi connectivity index (χ3v) is 6.24. The number of nitrogens with zero attached hydrogens (tertiary/aromatic N) is 1. The number of para-hydroxylation sites is 1. The van der Waals surface area contributed by atoms with Crippen LogP contribution >= 0.6 is 15.9 Å². The van der Waals surface area contributed by atoms with Gasteiger partial charge in [0.25, 0.3) is 10.0 Å². The SMILES string of the molecule is O=S1(=O)Nc2c(cccc2N2CCCCC2)Oc2cc(Br)ccc21. The first-order valence-electron chi connectivity index (χ1n) is 7.93. The van der Waals surface area contributed by atoms with Crippen molar-refractivity contribution in [3.05, 3.63) is 40.9 Å². The molecule has 1 saturated heterocycles. The molecule has 2 aromatic carbocycles. The van der Waals surface area contributed by atoms with Gasteiger partial charge < -0.3 is 9.64 Å². The summed E-state index contributed by atoms with van der Waals surface area (Å²) in [6.07, 6.45) is 3.45. The van der Waals surface area contributed by atoms with Crippen LogP contribution in [0.15, 0.2) is 45.8 Å². The zero-order chi connectivity index (χ0) is 16.7. The summed E-state index contributed by atoms with van der Waals surface area (Å²) in [6, 6.07) is 10.6. The van der Waals surface area contributed by atoms with E-state index < -0.39 is 10.0 Å². The molecule has 2 aromatic rings. The minimum atomic E-state index is -3.69. The van der Waals surface area contributed by atoms with Gasteiger partial charge in [0.15, 0.2) is 5.75 Å². The molecule has 0 aliphatic carbocycles. The lowest BCUT2D eigenvalue weighted by Crippen LogP contribution is -2.30. The van der Waals surface area contributed by atoms with Gasteiger partial charge in [-0.2, -0.15) is 0 Å². The van der Waals surface area contributed by atoms with Crippen molar-refractivity contribution < 1.29 is 13.2 Å². The molecule has 7 heteroatoms. The Morgan fingerprint density at radius 1 is 1.04 bits per heavy atom. The summed E-state index contributed by atoms with van der Waals surface area (Å²) in [4.78, 5) is 2.37. The second-order valence-electron chi connectivity index (χ2n) is 6.00. The molecule has 0 unspecified atom stereocenters. The highest BCUT2D eigenvalue weighted by atomic mass is 79.9. The highest BCUT2D eigenvalue weighted by molar-refractivity contribution is 9.10. The van der Waals surface area contributed by atoms with Gasteiger partial charge in [-0.15, -0.1) is 0 Å². The molecular formula is C17H17BrN2O3S. The van der Waals surface area contributed by atoms with E-state index >= 15 is 0 Å². The Morgan fingerprint density at radius 3 is 2.62 bits per heavy atom. The molecule has 2 aliphatic rings. The molecule has 0 bridgehead atoms. The van der Waals surface area contributed by atoms with Crippen molar-refractivity contribution >= 4 is 37.3 Å². The number of fused-ring (bicyclic) bond motifs is 2. The van der Waals surface area contributed by atoms with Crippen LogP contribution in [0, 0.1) is 0 Å². The Labute approximate surface area is 149 Å². The molecule has 1 N–H and O–H groups in total. The van der Waals surface area contributed by atoms with Crippen molar-refractivity contribution in [2.24, 2.45) is 0 Å². The number of piperidine rings is 1. The average molecular weight is 409 g/mol. The van der Waals surface area contributed by atoms with Crippen molar-refractivity contribution in [1.29, 1.82) is 0 Å². The predicted molar refractivity (Wildman–Crippen MR) is 97.5 cm³/mol. The molecule has 24 heavy (non-hydrogen) atoms. The zero-order valence-electron chi connectivity index (χ0n) is 13.0. The number of hydrogen-bond donors (Lipinski definition) is 1. The highest BCUT2D eigenvalue weighted by Crippen LogP contribution is 2.44. The molecule has 0 radical (unpaired) electrons. The molecule has 0 atom stereocenters. The lowest BCUT2D eigenvalue weighted by atomic mass is 10.1. The molecule has 0 spiro atoms. The fourth-order valence-electron chi connectivity index (χ4n) is 3.20. The van der Waals surface area contributed by atoms with E-state index in [0.29, 0.717) is 17.2 Å². The molecule has 0 saturated carbocycles. The van der Waals surface area contributed by atoms with Crippen LogP contribution in [0.5, 0.6) is 11.5 Å². The maximum Gasteiger partial charge on any atom is 0.265 e. The van der Waals surface area contributed by atoms with Crippen molar-refractivity contribution in [3.8, 4) is 11.5 Å². The first kappa shape index (κ1) is 15.8. The van der Waals surface area contributed by atoms with E-state index in [0.717, 1.165) is 36.1 Å². The minimum Gasteiger partial charge on any atom is -0.454 e. The molecule has 5 nitrogen and oxygen atoms in total. The zero-order valence-corrected chi connectivity index (χ0v) is 15.4. The predicted octanol–water partition coefficient (Wildman–Crippen LogP) is 4.35. The van der Waals surface area contributed by atoms with E-state index in [1.54, 1.807) is 24.3 Å². The van der Waals surface area contributed by atoms with Crippen LogP contribution in [0.25, 0.3) is 0 Å². The van der Waals surface area contributed by atoms with Crippen LogP contribution in [0.3, 0.4) is 0 Å². The lowest BCUT2D eigenvalue weighted by Gasteiger charge is -2.30. The van der Waals surface area contributed by atoms with Gasteiger partial charge in [0.2, 0.25) is 0 Å². The maximum atomic E-state index is 12.8. The molecule has 4 rings (SSSR count). The summed E-state index contributed by atoms with van der Waals surface area (Å²) in [5.74, 6) is 0.852. The summed E-state index contributed by atoms with van der Waals surface area (Å²) >= 11 is 3.37. The van der Waals surface area contributed by atoms with Gasteiger partial charge in [-0.3, -0.25) is 4.72 Å². The van der Waals surface area contributed by atoms with Crippen molar-refractivity contribution in [2.45, 2.75) is 24.2 Å². The molecule has 0 aromatic heterocycles. The normalized spacial score (nSPS) is 18.6. The van der Waals surface area contributed by atoms with Gasteiger partial charge in [0.1, 0.15) is 16.3 Å². The van der Waals surface area contributed by atoms with Crippen molar-refractivity contribution in [1.82, 2.24) is 0 Å². The van der Waals surface area contributed by atoms with Crippen molar-refractivity contribution in [3.63, 3.8) is 0 Å². The first-order valence-corrected chi connectivity index (χ1v) is 10.2. The number of anilines is 2. The lowest BCUT2D eigenvalue weighted by molar-refractivity contribution is 0.472. The number of halogens is 1. The largest absolute Gasteiger partial charge is 0.454 e. The Hall–Kier alpha value is -1.73. The molecule has 0 amide bonds. The number of hydrogen-bond acceptors (Lipinski definition) is 4. The molecule has 1 fully saturated rings. The minimum absolute atomic E-state index is 0.145. The third kappa shape index (κ3) is 2.75. The van der Waals surface area contributed by atoms with Crippen LogP contribution in [0.2, 0.25) is 0 Å². The van der Waals surface area contributed by atoms with Gasteiger partial charge in [0.05, 0.1) is 5.69 Å². The van der Waals surface area contributed by atoms with E-state index in [-0.39, 0.29) is 4.90 Å². The third-order valence-electron chi connectivity index (χ3n) is 4.35. The molecular weight excluding hydrogens is 392 g/mol. The molecule has 2 aliphatic heterocycles. The Morgan fingerprint density at radius 2 is 1.83 bits per heavy atom. The summed E-state index contributed by atoms with van der Waals surface area (Å²) in [5, 5.41) is 0. The fraction of sp³-hybridized carbons (Fsp3) is 0.294. The smallest absolute Gasteiger partial charge is 0.265 e. The monoisotopic (exact) mass is 408 g/mol. The van der Waals surface area contributed by atoms with E-state index in [1.165, 1.54) is 6.42 Å². The molecule has 126 valence electrons. The highest BCUT2D eigenvalue weighted by Gasteiger charge is 2.29. The van der Waals surface area contributed by atoms with E-state index in [9.17, 15) is 8.42 Å². The fourth-order valence-corrected chi connectivity index (χ4v) is 4.73. The Balaban J connectivity index is 1.85. The number of benzene rings is 2. The second-order valence-corrected chi connectivity index (χ2v) is 8.56. The van der Waals surface area contributed by atoms with Gasteiger partial charge in [-0.1, -0.05) is 22.0 Å². The number of nitrogens with one attached hydrogen (secondary N) is 1. The maximum absolute atomic E-state index is 12.8. The van der Waals surface area contributed by atoms with Gasteiger partial charge in [-0.05, 0) is 49.6 Å². The molecule has 2 heterocycles. The van der Waals surface area contributed by atoms with Crippen LogP contribution in [-0.4, -0.2) is 21.5 Å². The van der Waals surface area contributed by atoms with E-state index in [4.69, 9.17) is 4.74 Å². The average Bonchev–Trinajstić information content (AvgIpc) is 2.67. The first-order chi connectivity index (χ1) is 11.5. The second kappa shape index (κ2) is 5.97. The standard InChI is InChI=1S/C17H17BrN2O3S/c18-12-7-8-16-15(11-12)23-14-6-4-5-13(17(14)19-24(16,21)22)20-9-2-1-3-10-20/h4-8,11,19H,1-3,9-10H2. The number of ether oxygens (including phenoxy) is 1. The summed E-state index contributed by atoms with van der Waals surface area (Å²) < 4.78 is 35.0.